The predicted octanol–water partition coefficient (Wildman–Crippen LogP) is 7.50. The Kier molecular flexibility index (Phi) is 6.50. The zero-order valence-electron chi connectivity index (χ0n) is 18.6. The van der Waals surface area contributed by atoms with Gasteiger partial charge in [-0.2, -0.15) is 39.5 Å². The third-order valence-electron chi connectivity index (χ3n) is 5.52. The van der Waals surface area contributed by atoms with Gasteiger partial charge in [0.05, 0.1) is 33.6 Å². The average Bonchev–Trinajstić information content (AvgIpc) is 2.82. The van der Waals surface area contributed by atoms with Gasteiger partial charge < -0.3 is 5.11 Å². The number of hydrogen-bond donors (Lipinski definition) is 1. The van der Waals surface area contributed by atoms with Crippen LogP contribution in [0.4, 0.5) is 45.2 Å². The third kappa shape index (κ3) is 4.95. The van der Waals surface area contributed by atoms with E-state index in [4.69, 9.17) is 0 Å². The van der Waals surface area contributed by atoms with Crippen LogP contribution in [-0.4, -0.2) is 15.9 Å². The first-order valence-corrected chi connectivity index (χ1v) is 10.5. The summed E-state index contributed by atoms with van der Waals surface area (Å²) < 4.78 is 121. The summed E-state index contributed by atoms with van der Waals surface area (Å²) in [6.07, 6.45) is -14.5. The summed E-state index contributed by atoms with van der Waals surface area (Å²) in [6.45, 7) is 0. The van der Waals surface area contributed by atoms with Crippen molar-refractivity contribution >= 4 is 22.7 Å². The number of alkyl halides is 9. The van der Waals surface area contributed by atoms with E-state index in [1.165, 1.54) is 24.3 Å². The van der Waals surface area contributed by atoms with E-state index in [0.717, 1.165) is 18.2 Å². The maximum atomic E-state index is 13.6. The van der Waals surface area contributed by atoms with Crippen LogP contribution in [0.2, 0.25) is 0 Å². The van der Waals surface area contributed by atoms with Gasteiger partial charge in [-0.25, -0.2) is 4.57 Å². The van der Waals surface area contributed by atoms with Crippen LogP contribution in [0.5, 0.6) is 5.88 Å². The molecule has 0 saturated heterocycles. The number of aliphatic imine (C=N–C) groups is 1. The number of pyridine rings is 1. The molecule has 4 nitrogen and oxygen atoms in total. The minimum absolute atomic E-state index is 0.111. The number of aromatic nitrogens is 1. The maximum absolute atomic E-state index is 13.6. The van der Waals surface area contributed by atoms with Crippen molar-refractivity contribution in [3.8, 4) is 11.6 Å². The van der Waals surface area contributed by atoms with E-state index in [1.807, 2.05) is 0 Å². The Hall–Kier alpha value is -4.29. The van der Waals surface area contributed by atoms with Crippen molar-refractivity contribution in [1.29, 1.82) is 0 Å². The van der Waals surface area contributed by atoms with Gasteiger partial charge in [0.15, 0.2) is 0 Å². The van der Waals surface area contributed by atoms with E-state index in [1.54, 1.807) is 0 Å². The fraction of sp³-hybridized carbons (Fsp3) is 0.120. The van der Waals surface area contributed by atoms with Gasteiger partial charge in [-0.3, -0.25) is 9.79 Å². The molecule has 0 fully saturated rings. The number of rotatable bonds is 3. The van der Waals surface area contributed by atoms with E-state index in [2.05, 4.69) is 4.99 Å². The summed E-state index contributed by atoms with van der Waals surface area (Å²) in [5, 5.41) is 10.6. The standard InChI is InChI=1S/C25H13F9N2O2/c26-23(27,28)13-9-10-17(24(29,30)31)19(11-13)35-12-16-14-5-1-2-6-15(14)21(37)36(22(16)38)20-8-4-3-7-18(20)25(32,33)34/h1-12,38H. The second-order valence-corrected chi connectivity index (χ2v) is 7.92. The molecule has 4 rings (SSSR count). The highest BCUT2D eigenvalue weighted by Crippen LogP contribution is 2.41. The lowest BCUT2D eigenvalue weighted by atomic mass is 10.1. The van der Waals surface area contributed by atoms with Crippen LogP contribution in [0.3, 0.4) is 0 Å². The Labute approximate surface area is 206 Å². The van der Waals surface area contributed by atoms with Crippen molar-refractivity contribution in [2.75, 3.05) is 0 Å². The molecule has 13 heteroatoms. The van der Waals surface area contributed by atoms with E-state index in [0.29, 0.717) is 16.8 Å². The molecule has 0 unspecified atom stereocenters. The van der Waals surface area contributed by atoms with Crippen LogP contribution in [0.25, 0.3) is 16.5 Å². The van der Waals surface area contributed by atoms with Crippen LogP contribution >= 0.6 is 0 Å². The van der Waals surface area contributed by atoms with Crippen molar-refractivity contribution in [1.82, 2.24) is 4.57 Å². The molecule has 0 aliphatic rings. The second kappa shape index (κ2) is 9.23. The lowest BCUT2D eigenvalue weighted by molar-refractivity contribution is -0.140. The number of halogens is 9. The first kappa shape index (κ1) is 26.8. The molecule has 0 aliphatic heterocycles. The Balaban J connectivity index is 2.03. The molecule has 3 aromatic carbocycles. The van der Waals surface area contributed by atoms with E-state index < -0.39 is 63.6 Å². The van der Waals surface area contributed by atoms with Crippen molar-refractivity contribution in [3.05, 3.63) is 99.3 Å². The highest BCUT2D eigenvalue weighted by atomic mass is 19.4. The normalized spacial score (nSPS) is 13.0. The number of hydrogen-bond acceptors (Lipinski definition) is 3. The number of fused-ring (bicyclic) bond motifs is 1. The third-order valence-corrected chi connectivity index (χ3v) is 5.52. The van der Waals surface area contributed by atoms with Gasteiger partial charge >= 0.3 is 18.5 Å². The molecular weight excluding hydrogens is 531 g/mol. The molecule has 1 aromatic heterocycles. The fourth-order valence-corrected chi connectivity index (χ4v) is 3.81. The summed E-state index contributed by atoms with van der Waals surface area (Å²) in [5.41, 5.74) is -7.78. The van der Waals surface area contributed by atoms with E-state index in [9.17, 15) is 49.4 Å². The van der Waals surface area contributed by atoms with E-state index in [-0.39, 0.29) is 29.0 Å². The highest BCUT2D eigenvalue weighted by Gasteiger charge is 2.37. The lowest BCUT2D eigenvalue weighted by Gasteiger charge is -2.18. The van der Waals surface area contributed by atoms with Crippen molar-refractivity contribution in [2.45, 2.75) is 18.5 Å². The summed E-state index contributed by atoms with van der Waals surface area (Å²) in [6, 6.07) is 9.50. The van der Waals surface area contributed by atoms with Crippen LogP contribution in [0.1, 0.15) is 22.3 Å². The van der Waals surface area contributed by atoms with Gasteiger partial charge in [-0.05, 0) is 36.4 Å². The van der Waals surface area contributed by atoms with Gasteiger partial charge in [0.2, 0.25) is 5.88 Å². The molecule has 0 atom stereocenters. The zero-order chi connectivity index (χ0) is 28.0. The SMILES string of the molecule is O=c1c2ccccc2c(C=Nc2cc(C(F)(F)F)ccc2C(F)(F)F)c(O)n1-c1ccccc1C(F)(F)F. The summed E-state index contributed by atoms with van der Waals surface area (Å²) in [5.74, 6) is -1.12. The molecule has 0 saturated carbocycles. The average molecular weight is 544 g/mol. The Morgan fingerprint density at radius 3 is 1.89 bits per heavy atom. The topological polar surface area (TPSA) is 54.6 Å². The molecule has 0 spiro atoms. The summed E-state index contributed by atoms with van der Waals surface area (Å²) in [7, 11) is 0. The monoisotopic (exact) mass is 544 g/mol. The largest absolute Gasteiger partial charge is 0.494 e. The van der Waals surface area contributed by atoms with Gasteiger partial charge in [0.1, 0.15) is 0 Å². The van der Waals surface area contributed by atoms with Gasteiger partial charge in [0.25, 0.3) is 5.56 Å². The molecule has 1 heterocycles. The second-order valence-electron chi connectivity index (χ2n) is 7.92. The quantitative estimate of drug-likeness (QED) is 0.215. The molecule has 4 aromatic rings. The molecule has 0 radical (unpaired) electrons. The smallest absolute Gasteiger partial charge is 0.418 e. The molecule has 0 amide bonds. The molecule has 198 valence electrons. The Morgan fingerprint density at radius 1 is 0.711 bits per heavy atom. The maximum Gasteiger partial charge on any atom is 0.418 e. The van der Waals surface area contributed by atoms with Crippen molar-refractivity contribution < 1.29 is 44.6 Å². The highest BCUT2D eigenvalue weighted by molar-refractivity contribution is 6.02. The Bertz CT molecular complexity index is 1610. The summed E-state index contributed by atoms with van der Waals surface area (Å²) in [4.78, 5) is 16.6. The van der Waals surface area contributed by atoms with E-state index >= 15 is 0 Å². The fourth-order valence-electron chi connectivity index (χ4n) is 3.81. The zero-order valence-corrected chi connectivity index (χ0v) is 18.6. The van der Waals surface area contributed by atoms with Crippen molar-refractivity contribution in [2.24, 2.45) is 4.99 Å². The number of aromatic hydroxyl groups is 1. The van der Waals surface area contributed by atoms with Crippen LogP contribution in [-0.2, 0) is 18.5 Å². The number of nitrogens with zero attached hydrogens (tertiary/aromatic N) is 2. The van der Waals surface area contributed by atoms with Crippen LogP contribution in [0, 0.1) is 0 Å². The first-order valence-electron chi connectivity index (χ1n) is 10.5. The molecule has 0 aliphatic carbocycles. The first-order chi connectivity index (χ1) is 17.6. The Morgan fingerprint density at radius 2 is 1.29 bits per heavy atom. The number of benzene rings is 3. The summed E-state index contributed by atoms with van der Waals surface area (Å²) >= 11 is 0. The molecule has 38 heavy (non-hydrogen) atoms. The molecular formula is C25H13F9N2O2. The lowest BCUT2D eigenvalue weighted by Crippen LogP contribution is -2.23. The number of para-hydroxylation sites is 1. The minimum Gasteiger partial charge on any atom is -0.494 e. The van der Waals surface area contributed by atoms with Crippen molar-refractivity contribution in [3.63, 3.8) is 0 Å². The van der Waals surface area contributed by atoms with Gasteiger partial charge in [-0.1, -0.05) is 30.3 Å². The molecule has 1 N–H and O–H groups in total. The molecule has 0 bridgehead atoms. The predicted molar refractivity (Wildman–Crippen MR) is 120 cm³/mol. The van der Waals surface area contributed by atoms with Crippen LogP contribution in [0.15, 0.2) is 76.5 Å². The minimum atomic E-state index is -5.11. The van der Waals surface area contributed by atoms with Gasteiger partial charge in [-0.15, -0.1) is 0 Å². The van der Waals surface area contributed by atoms with Gasteiger partial charge in [0, 0.05) is 17.0 Å². The van der Waals surface area contributed by atoms with Crippen LogP contribution < -0.4 is 5.56 Å².